The number of rotatable bonds is 9. The third-order valence-corrected chi connectivity index (χ3v) is 3.91. The molecule has 1 amide bonds. The van der Waals surface area contributed by atoms with Gasteiger partial charge in [0.2, 0.25) is 5.91 Å². The number of amides is 1. The summed E-state index contributed by atoms with van der Waals surface area (Å²) in [5, 5.41) is 12.0. The van der Waals surface area contributed by atoms with Crippen LogP contribution in [-0.2, 0) is 9.59 Å². The van der Waals surface area contributed by atoms with Gasteiger partial charge in [-0.1, -0.05) is 57.5 Å². The Labute approximate surface area is 132 Å². The molecule has 0 aliphatic rings. The Morgan fingerprint density at radius 3 is 2.27 bits per heavy atom. The summed E-state index contributed by atoms with van der Waals surface area (Å²) in [5.74, 6) is -0.572. The van der Waals surface area contributed by atoms with E-state index in [4.69, 9.17) is 5.11 Å². The van der Waals surface area contributed by atoms with E-state index in [0.717, 1.165) is 18.4 Å². The smallest absolute Gasteiger partial charge is 0.303 e. The zero-order chi connectivity index (χ0) is 16.5. The topological polar surface area (TPSA) is 66.4 Å². The number of aliphatic carboxylic acids is 1. The number of carboxylic acid groups (broad SMARTS) is 1. The van der Waals surface area contributed by atoms with Crippen LogP contribution in [-0.4, -0.2) is 17.0 Å². The summed E-state index contributed by atoms with van der Waals surface area (Å²) >= 11 is 0. The van der Waals surface area contributed by atoms with E-state index in [0.29, 0.717) is 6.42 Å². The second-order valence-corrected chi connectivity index (χ2v) is 6.04. The summed E-state index contributed by atoms with van der Waals surface area (Å²) in [6.07, 6.45) is 2.26. The normalized spacial score (nSPS) is 13.6. The summed E-state index contributed by atoms with van der Waals surface area (Å²) in [7, 11) is 0. The van der Waals surface area contributed by atoms with Crippen molar-refractivity contribution in [2.75, 3.05) is 0 Å². The zero-order valence-electron chi connectivity index (χ0n) is 13.7. The maximum Gasteiger partial charge on any atom is 0.303 e. The van der Waals surface area contributed by atoms with Crippen molar-refractivity contribution in [3.05, 3.63) is 35.9 Å². The highest BCUT2D eigenvalue weighted by molar-refractivity contribution is 5.79. The standard InChI is InChI=1S/C18H27NO3/c1-4-8-15(13(2)3)18(22)19-16(11-12-17(20)21)14-9-6-5-7-10-14/h5-7,9-10,13,15-16H,4,8,11-12H2,1-3H3,(H,19,22)(H,20,21). The number of carbonyl (C=O) groups excluding carboxylic acids is 1. The van der Waals surface area contributed by atoms with Crippen LogP contribution in [0.4, 0.5) is 0 Å². The van der Waals surface area contributed by atoms with Gasteiger partial charge in [-0.2, -0.15) is 0 Å². The molecule has 1 rings (SSSR count). The molecule has 0 radical (unpaired) electrons. The number of carbonyl (C=O) groups is 2. The monoisotopic (exact) mass is 305 g/mol. The van der Waals surface area contributed by atoms with Gasteiger partial charge in [-0.25, -0.2) is 0 Å². The van der Waals surface area contributed by atoms with Crippen molar-refractivity contribution in [3.63, 3.8) is 0 Å². The molecule has 22 heavy (non-hydrogen) atoms. The van der Waals surface area contributed by atoms with E-state index in [2.05, 4.69) is 26.1 Å². The van der Waals surface area contributed by atoms with Gasteiger partial charge in [0.25, 0.3) is 0 Å². The SMILES string of the molecule is CCCC(C(=O)NC(CCC(=O)O)c1ccccc1)C(C)C. The largest absolute Gasteiger partial charge is 0.481 e. The number of hydrogen-bond acceptors (Lipinski definition) is 2. The molecule has 0 saturated carbocycles. The molecule has 0 aliphatic carbocycles. The molecule has 0 saturated heterocycles. The number of benzene rings is 1. The van der Waals surface area contributed by atoms with Gasteiger partial charge < -0.3 is 10.4 Å². The molecular weight excluding hydrogens is 278 g/mol. The van der Waals surface area contributed by atoms with E-state index in [1.54, 1.807) is 0 Å². The molecule has 0 fully saturated rings. The van der Waals surface area contributed by atoms with Crippen LogP contribution in [0.5, 0.6) is 0 Å². The van der Waals surface area contributed by atoms with Gasteiger partial charge in [-0.3, -0.25) is 9.59 Å². The van der Waals surface area contributed by atoms with E-state index < -0.39 is 5.97 Å². The first-order valence-corrected chi connectivity index (χ1v) is 8.02. The lowest BCUT2D eigenvalue weighted by Gasteiger charge is -2.24. The number of carboxylic acids is 1. The molecule has 0 spiro atoms. The first-order chi connectivity index (χ1) is 10.5. The van der Waals surface area contributed by atoms with Gasteiger partial charge in [-0.05, 0) is 24.3 Å². The van der Waals surface area contributed by atoms with Crippen molar-refractivity contribution in [3.8, 4) is 0 Å². The van der Waals surface area contributed by atoms with Gasteiger partial charge in [0, 0.05) is 12.3 Å². The Morgan fingerprint density at radius 2 is 1.77 bits per heavy atom. The molecule has 122 valence electrons. The summed E-state index contributed by atoms with van der Waals surface area (Å²) in [6, 6.07) is 9.33. The van der Waals surface area contributed by atoms with Crippen molar-refractivity contribution in [2.24, 2.45) is 11.8 Å². The lowest BCUT2D eigenvalue weighted by Crippen LogP contribution is -2.36. The molecule has 4 heteroatoms. The minimum atomic E-state index is -0.843. The molecule has 1 aromatic rings. The van der Waals surface area contributed by atoms with Gasteiger partial charge >= 0.3 is 5.97 Å². The molecular formula is C18H27NO3. The van der Waals surface area contributed by atoms with Crippen LogP contribution in [0.25, 0.3) is 0 Å². The van der Waals surface area contributed by atoms with E-state index in [-0.39, 0.29) is 30.2 Å². The van der Waals surface area contributed by atoms with Crippen LogP contribution in [0.3, 0.4) is 0 Å². The van der Waals surface area contributed by atoms with Gasteiger partial charge in [0.1, 0.15) is 0 Å². The van der Waals surface area contributed by atoms with Crippen LogP contribution in [0.2, 0.25) is 0 Å². The van der Waals surface area contributed by atoms with Crippen LogP contribution in [0.15, 0.2) is 30.3 Å². The van der Waals surface area contributed by atoms with Crippen LogP contribution >= 0.6 is 0 Å². The van der Waals surface area contributed by atoms with Crippen molar-refractivity contribution in [2.45, 2.75) is 52.5 Å². The van der Waals surface area contributed by atoms with E-state index in [9.17, 15) is 9.59 Å². The second kappa shape index (κ2) is 9.23. The van der Waals surface area contributed by atoms with Crippen molar-refractivity contribution in [1.29, 1.82) is 0 Å². The minimum Gasteiger partial charge on any atom is -0.481 e. The average Bonchev–Trinajstić information content (AvgIpc) is 2.49. The molecule has 4 nitrogen and oxygen atoms in total. The predicted molar refractivity (Wildman–Crippen MR) is 87.4 cm³/mol. The van der Waals surface area contributed by atoms with E-state index in [1.165, 1.54) is 0 Å². The van der Waals surface area contributed by atoms with Gasteiger partial charge in [-0.15, -0.1) is 0 Å². The van der Waals surface area contributed by atoms with Crippen molar-refractivity contribution < 1.29 is 14.7 Å². The summed E-state index contributed by atoms with van der Waals surface area (Å²) in [4.78, 5) is 23.4. The highest BCUT2D eigenvalue weighted by Crippen LogP contribution is 2.22. The quantitative estimate of drug-likeness (QED) is 0.729. The molecule has 0 heterocycles. The Morgan fingerprint density at radius 1 is 1.14 bits per heavy atom. The first-order valence-electron chi connectivity index (χ1n) is 8.02. The van der Waals surface area contributed by atoms with Gasteiger partial charge in [0.15, 0.2) is 0 Å². The third-order valence-electron chi connectivity index (χ3n) is 3.91. The van der Waals surface area contributed by atoms with Crippen LogP contribution in [0, 0.1) is 11.8 Å². The third kappa shape index (κ3) is 5.88. The molecule has 0 aliphatic heterocycles. The number of nitrogens with one attached hydrogen (secondary N) is 1. The second-order valence-electron chi connectivity index (χ2n) is 6.04. The van der Waals surface area contributed by atoms with Crippen molar-refractivity contribution >= 4 is 11.9 Å². The highest BCUT2D eigenvalue weighted by atomic mass is 16.4. The minimum absolute atomic E-state index is 0.0242. The van der Waals surface area contributed by atoms with Crippen LogP contribution in [0.1, 0.15) is 58.1 Å². The van der Waals surface area contributed by atoms with E-state index >= 15 is 0 Å². The fraction of sp³-hybridized carbons (Fsp3) is 0.556. The van der Waals surface area contributed by atoms with E-state index in [1.807, 2.05) is 30.3 Å². The Hall–Kier alpha value is -1.84. The molecule has 2 N–H and O–H groups in total. The lowest BCUT2D eigenvalue weighted by molar-refractivity contribution is -0.137. The van der Waals surface area contributed by atoms with Crippen molar-refractivity contribution in [1.82, 2.24) is 5.32 Å². The molecule has 2 unspecified atom stereocenters. The predicted octanol–water partition coefficient (Wildman–Crippen LogP) is 3.78. The van der Waals surface area contributed by atoms with Crippen LogP contribution < -0.4 is 5.32 Å². The summed E-state index contributed by atoms with van der Waals surface area (Å²) < 4.78 is 0. The maximum atomic E-state index is 12.5. The molecule has 1 aromatic carbocycles. The fourth-order valence-corrected chi connectivity index (χ4v) is 2.63. The highest BCUT2D eigenvalue weighted by Gasteiger charge is 2.24. The fourth-order valence-electron chi connectivity index (χ4n) is 2.63. The summed E-state index contributed by atoms with van der Waals surface area (Å²) in [5.41, 5.74) is 0.955. The molecule has 2 atom stereocenters. The average molecular weight is 305 g/mol. The Balaban J connectivity index is 2.83. The Bertz CT molecular complexity index is 470. The molecule has 0 aromatic heterocycles. The molecule has 0 bridgehead atoms. The lowest BCUT2D eigenvalue weighted by atomic mass is 9.89. The Kier molecular flexibility index (Phi) is 7.64. The zero-order valence-corrected chi connectivity index (χ0v) is 13.7. The first kappa shape index (κ1) is 18.2. The maximum absolute atomic E-state index is 12.5. The van der Waals surface area contributed by atoms with Gasteiger partial charge in [0.05, 0.1) is 6.04 Å². The summed E-state index contributed by atoms with van der Waals surface area (Å²) in [6.45, 7) is 6.17. The number of hydrogen-bond donors (Lipinski definition) is 2.